The number of thiazole rings is 1. The van der Waals surface area contributed by atoms with Gasteiger partial charge in [-0.1, -0.05) is 6.07 Å². The van der Waals surface area contributed by atoms with Crippen LogP contribution >= 0.6 is 23.6 Å². The van der Waals surface area contributed by atoms with Crippen molar-refractivity contribution in [1.82, 2.24) is 4.98 Å². The lowest BCUT2D eigenvalue weighted by Gasteiger charge is -2.13. The normalized spacial score (nSPS) is 10.5. The van der Waals surface area contributed by atoms with Gasteiger partial charge in [-0.3, -0.25) is 4.79 Å². The van der Waals surface area contributed by atoms with E-state index in [2.05, 4.69) is 10.3 Å². The van der Waals surface area contributed by atoms with E-state index in [-0.39, 0.29) is 5.91 Å². The third-order valence-electron chi connectivity index (χ3n) is 3.33. The van der Waals surface area contributed by atoms with Crippen LogP contribution in [-0.2, 0) is 0 Å². The molecule has 1 heterocycles. The summed E-state index contributed by atoms with van der Waals surface area (Å²) in [5.41, 5.74) is 1.99. The van der Waals surface area contributed by atoms with Gasteiger partial charge in [-0.15, -0.1) is 11.3 Å². The average Bonchev–Trinajstić information content (AvgIpc) is 2.93. The van der Waals surface area contributed by atoms with Gasteiger partial charge in [0.05, 0.1) is 24.4 Å². The molecule has 0 fully saturated rings. The molecule has 0 aliphatic heterocycles. The van der Waals surface area contributed by atoms with E-state index in [1.807, 2.05) is 18.2 Å². The highest BCUT2D eigenvalue weighted by Gasteiger charge is 2.18. The zero-order valence-electron chi connectivity index (χ0n) is 12.5. The number of ether oxygens (including phenoxy) is 2. The average molecular weight is 346 g/mol. The third kappa shape index (κ3) is 3.06. The number of aromatic nitrogens is 1. The second kappa shape index (κ2) is 6.39. The molecular formula is C16H14N2O3S2. The zero-order valence-corrected chi connectivity index (χ0v) is 14.1. The van der Waals surface area contributed by atoms with E-state index in [0.717, 1.165) is 10.2 Å². The van der Waals surface area contributed by atoms with E-state index < -0.39 is 0 Å². The van der Waals surface area contributed by atoms with Gasteiger partial charge in [0.2, 0.25) is 0 Å². The second-order valence-electron chi connectivity index (χ2n) is 4.72. The van der Waals surface area contributed by atoms with Crippen molar-refractivity contribution in [2.75, 3.05) is 19.5 Å². The van der Waals surface area contributed by atoms with Crippen LogP contribution in [0.25, 0.3) is 10.2 Å². The molecule has 1 amide bonds. The van der Waals surface area contributed by atoms with Crippen molar-refractivity contribution in [3.8, 4) is 11.5 Å². The summed E-state index contributed by atoms with van der Waals surface area (Å²) in [6.45, 7) is 0. The van der Waals surface area contributed by atoms with Crippen molar-refractivity contribution in [3.63, 3.8) is 0 Å². The minimum atomic E-state index is -0.294. The van der Waals surface area contributed by atoms with Crippen molar-refractivity contribution in [2.24, 2.45) is 0 Å². The quantitative estimate of drug-likeness (QED) is 0.694. The summed E-state index contributed by atoms with van der Waals surface area (Å²) in [4.78, 5) is 15.7. The molecule has 3 aromatic rings. The number of anilines is 1. The molecule has 0 saturated carbocycles. The third-order valence-corrected chi connectivity index (χ3v) is 4.53. The van der Waals surface area contributed by atoms with Gasteiger partial charge in [0.1, 0.15) is 17.1 Å². The maximum Gasteiger partial charge on any atom is 0.263 e. The highest BCUT2D eigenvalue weighted by Crippen LogP contribution is 2.30. The maximum atomic E-state index is 12.6. The Morgan fingerprint density at radius 3 is 2.52 bits per heavy atom. The first-order valence-electron chi connectivity index (χ1n) is 6.77. The van der Waals surface area contributed by atoms with Gasteiger partial charge < -0.3 is 19.8 Å². The first-order chi connectivity index (χ1) is 11.1. The lowest BCUT2D eigenvalue weighted by molar-refractivity contribution is 0.102. The molecule has 5 nitrogen and oxygen atoms in total. The maximum absolute atomic E-state index is 12.6. The molecular weight excluding hydrogens is 332 g/mol. The van der Waals surface area contributed by atoms with Crippen molar-refractivity contribution < 1.29 is 14.3 Å². The summed E-state index contributed by atoms with van der Waals surface area (Å²) >= 11 is 6.59. The van der Waals surface area contributed by atoms with Gasteiger partial charge in [-0.2, -0.15) is 0 Å². The first kappa shape index (κ1) is 15.5. The Morgan fingerprint density at radius 1 is 1.17 bits per heavy atom. The van der Waals surface area contributed by atoms with Crippen LogP contribution in [0.15, 0.2) is 36.4 Å². The van der Waals surface area contributed by atoms with Crippen LogP contribution in [0.4, 0.5) is 5.69 Å². The van der Waals surface area contributed by atoms with Gasteiger partial charge in [0.15, 0.2) is 3.95 Å². The largest absolute Gasteiger partial charge is 0.496 e. The summed E-state index contributed by atoms with van der Waals surface area (Å²) in [5.74, 6) is 0.623. The summed E-state index contributed by atoms with van der Waals surface area (Å²) in [6, 6.07) is 10.8. The summed E-state index contributed by atoms with van der Waals surface area (Å²) in [6.07, 6.45) is 0. The van der Waals surface area contributed by atoms with Crippen molar-refractivity contribution >= 4 is 45.4 Å². The highest BCUT2D eigenvalue weighted by molar-refractivity contribution is 7.73. The number of H-pyrrole nitrogens is 1. The molecule has 3 rings (SSSR count). The lowest BCUT2D eigenvalue weighted by Crippen LogP contribution is -2.14. The Bertz CT molecular complexity index is 908. The fraction of sp³-hybridized carbons (Fsp3) is 0.125. The summed E-state index contributed by atoms with van der Waals surface area (Å²) < 4.78 is 12.2. The Labute approximate surface area is 141 Å². The van der Waals surface area contributed by atoms with Crippen LogP contribution in [0, 0.1) is 3.95 Å². The number of carbonyl (C=O) groups excluding carboxylic acids is 1. The second-order valence-corrected chi connectivity index (χ2v) is 6.44. The molecule has 2 aromatic carbocycles. The molecule has 7 heteroatoms. The number of hydrogen-bond donors (Lipinski definition) is 2. The SMILES string of the molecule is COc1cccc(OC)c1C(=O)Nc1ccc2[nH]c(=S)sc2c1. The van der Waals surface area contributed by atoms with Crippen molar-refractivity contribution in [2.45, 2.75) is 0 Å². The molecule has 0 aliphatic carbocycles. The number of methoxy groups -OCH3 is 2. The standard InChI is InChI=1S/C16H14N2O3S2/c1-20-11-4-3-5-12(21-2)14(11)15(19)17-9-6-7-10-13(8-9)23-16(22)18-10/h3-8H,1-2H3,(H,17,19)(H,18,22). The van der Waals surface area contributed by atoms with E-state index in [1.165, 1.54) is 25.6 Å². The molecule has 0 radical (unpaired) electrons. The number of rotatable bonds is 4. The molecule has 0 saturated heterocycles. The molecule has 1 aromatic heterocycles. The number of aromatic amines is 1. The fourth-order valence-electron chi connectivity index (χ4n) is 2.29. The summed E-state index contributed by atoms with van der Waals surface area (Å²) in [7, 11) is 3.04. The van der Waals surface area contributed by atoms with E-state index >= 15 is 0 Å². The Balaban J connectivity index is 1.95. The van der Waals surface area contributed by atoms with Crippen LogP contribution in [0.2, 0.25) is 0 Å². The van der Waals surface area contributed by atoms with E-state index in [0.29, 0.717) is 26.7 Å². The van der Waals surface area contributed by atoms with E-state index in [4.69, 9.17) is 21.7 Å². The molecule has 0 aliphatic rings. The Hall–Kier alpha value is -2.38. The van der Waals surface area contributed by atoms with Crippen molar-refractivity contribution in [3.05, 3.63) is 45.9 Å². The first-order valence-corrected chi connectivity index (χ1v) is 8.00. The Morgan fingerprint density at radius 2 is 1.87 bits per heavy atom. The van der Waals surface area contributed by atoms with Crippen LogP contribution in [0.3, 0.4) is 0 Å². The summed E-state index contributed by atoms with van der Waals surface area (Å²) in [5, 5.41) is 2.87. The van der Waals surface area contributed by atoms with Crippen LogP contribution < -0.4 is 14.8 Å². The molecule has 0 unspecified atom stereocenters. The van der Waals surface area contributed by atoms with Crippen LogP contribution in [-0.4, -0.2) is 25.1 Å². The van der Waals surface area contributed by atoms with Gasteiger partial charge in [0, 0.05) is 5.69 Å². The minimum absolute atomic E-state index is 0.294. The number of benzene rings is 2. The van der Waals surface area contributed by atoms with Crippen LogP contribution in [0.1, 0.15) is 10.4 Å². The lowest BCUT2D eigenvalue weighted by atomic mass is 10.1. The number of nitrogens with one attached hydrogen (secondary N) is 2. The number of hydrogen-bond acceptors (Lipinski definition) is 5. The fourth-order valence-corrected chi connectivity index (χ4v) is 3.45. The number of amides is 1. The molecule has 2 N–H and O–H groups in total. The van der Waals surface area contributed by atoms with E-state index in [1.54, 1.807) is 18.2 Å². The predicted molar refractivity (Wildman–Crippen MR) is 94.5 cm³/mol. The minimum Gasteiger partial charge on any atom is -0.496 e. The van der Waals surface area contributed by atoms with Gasteiger partial charge in [-0.25, -0.2) is 0 Å². The smallest absolute Gasteiger partial charge is 0.263 e. The topological polar surface area (TPSA) is 63.4 Å². The number of fused-ring (bicyclic) bond motifs is 1. The molecule has 0 bridgehead atoms. The van der Waals surface area contributed by atoms with E-state index in [9.17, 15) is 4.79 Å². The number of carbonyl (C=O) groups is 1. The van der Waals surface area contributed by atoms with Gasteiger partial charge >= 0.3 is 0 Å². The molecule has 0 atom stereocenters. The molecule has 0 spiro atoms. The molecule has 118 valence electrons. The highest BCUT2D eigenvalue weighted by atomic mass is 32.1. The Kier molecular flexibility index (Phi) is 4.31. The van der Waals surface area contributed by atoms with Crippen LogP contribution in [0.5, 0.6) is 11.5 Å². The van der Waals surface area contributed by atoms with Gasteiger partial charge in [0.25, 0.3) is 5.91 Å². The predicted octanol–water partition coefficient (Wildman–Crippen LogP) is 4.23. The molecule has 23 heavy (non-hydrogen) atoms. The monoisotopic (exact) mass is 346 g/mol. The van der Waals surface area contributed by atoms with Gasteiger partial charge in [-0.05, 0) is 42.5 Å². The zero-order chi connectivity index (χ0) is 16.4. The van der Waals surface area contributed by atoms with Crippen molar-refractivity contribution in [1.29, 1.82) is 0 Å².